The van der Waals surface area contributed by atoms with E-state index in [1.165, 1.54) is 6.42 Å². The second-order valence-corrected chi connectivity index (χ2v) is 3.92. The third kappa shape index (κ3) is 4.50. The number of hydrogen-bond acceptors (Lipinski definition) is 2. The summed E-state index contributed by atoms with van der Waals surface area (Å²) >= 11 is 11.4. The highest BCUT2D eigenvalue weighted by Gasteiger charge is 2.16. The third-order valence-corrected chi connectivity index (χ3v) is 2.97. The first-order chi connectivity index (χ1) is 6.36. The molecule has 1 heterocycles. The zero-order valence-corrected chi connectivity index (χ0v) is 9.19. The van der Waals surface area contributed by atoms with Crippen molar-refractivity contribution in [2.24, 2.45) is 5.92 Å². The van der Waals surface area contributed by atoms with Crippen molar-refractivity contribution < 1.29 is 9.47 Å². The maximum Gasteiger partial charge on any atom is 0.157 e. The molecule has 1 atom stereocenters. The van der Waals surface area contributed by atoms with Gasteiger partial charge in [0.25, 0.3) is 0 Å². The first-order valence-corrected chi connectivity index (χ1v) is 5.79. The summed E-state index contributed by atoms with van der Waals surface area (Å²) in [4.78, 5) is 0. The van der Waals surface area contributed by atoms with Crippen LogP contribution in [-0.4, -0.2) is 31.3 Å². The standard InChI is InChI=1S/C9H16Cl2O2/c10-5-8(6-11)7-13-9-3-1-2-4-12-9/h8-9H,1-7H2. The lowest BCUT2D eigenvalue weighted by molar-refractivity contribution is -0.166. The quantitative estimate of drug-likeness (QED) is 0.672. The summed E-state index contributed by atoms with van der Waals surface area (Å²) in [5.41, 5.74) is 0. The number of rotatable bonds is 5. The molecule has 2 nitrogen and oxygen atoms in total. The van der Waals surface area contributed by atoms with E-state index in [1.807, 2.05) is 0 Å². The minimum absolute atomic E-state index is 0.0253. The summed E-state index contributed by atoms with van der Waals surface area (Å²) in [6.07, 6.45) is 3.31. The van der Waals surface area contributed by atoms with Gasteiger partial charge >= 0.3 is 0 Å². The van der Waals surface area contributed by atoms with E-state index in [-0.39, 0.29) is 12.2 Å². The summed E-state index contributed by atoms with van der Waals surface area (Å²) in [6.45, 7) is 1.43. The van der Waals surface area contributed by atoms with E-state index in [0.717, 1.165) is 19.4 Å². The Balaban J connectivity index is 2.09. The Bertz CT molecular complexity index is 123. The third-order valence-electron chi connectivity index (χ3n) is 2.09. The van der Waals surface area contributed by atoms with Crippen LogP contribution in [0, 0.1) is 5.92 Å². The molecule has 78 valence electrons. The van der Waals surface area contributed by atoms with E-state index >= 15 is 0 Å². The van der Waals surface area contributed by atoms with Crippen molar-refractivity contribution >= 4 is 23.2 Å². The van der Waals surface area contributed by atoms with Crippen molar-refractivity contribution in [2.75, 3.05) is 25.0 Å². The van der Waals surface area contributed by atoms with Crippen LogP contribution in [0.1, 0.15) is 19.3 Å². The molecule has 0 saturated carbocycles. The molecule has 1 rings (SSSR count). The van der Waals surface area contributed by atoms with Gasteiger partial charge < -0.3 is 9.47 Å². The fourth-order valence-corrected chi connectivity index (χ4v) is 1.72. The molecule has 0 radical (unpaired) electrons. The minimum atomic E-state index is -0.0253. The fraction of sp³-hybridized carbons (Fsp3) is 1.00. The smallest absolute Gasteiger partial charge is 0.157 e. The van der Waals surface area contributed by atoms with Crippen molar-refractivity contribution in [1.82, 2.24) is 0 Å². The van der Waals surface area contributed by atoms with E-state index in [2.05, 4.69) is 0 Å². The van der Waals surface area contributed by atoms with Crippen molar-refractivity contribution in [3.63, 3.8) is 0 Å². The lowest BCUT2D eigenvalue weighted by atomic mass is 10.2. The zero-order chi connectivity index (χ0) is 9.52. The number of hydrogen-bond donors (Lipinski definition) is 0. The van der Waals surface area contributed by atoms with Gasteiger partial charge in [0.1, 0.15) is 0 Å². The molecule has 0 bridgehead atoms. The predicted molar refractivity (Wildman–Crippen MR) is 54.5 cm³/mol. The first-order valence-electron chi connectivity index (χ1n) is 4.72. The van der Waals surface area contributed by atoms with Gasteiger partial charge in [-0.1, -0.05) is 0 Å². The Morgan fingerprint density at radius 3 is 2.62 bits per heavy atom. The molecule has 13 heavy (non-hydrogen) atoms. The molecule has 4 heteroatoms. The van der Waals surface area contributed by atoms with E-state index in [9.17, 15) is 0 Å². The Kier molecular flexibility index (Phi) is 6.13. The lowest BCUT2D eigenvalue weighted by Crippen LogP contribution is -2.26. The van der Waals surface area contributed by atoms with Crippen LogP contribution in [0.25, 0.3) is 0 Å². The van der Waals surface area contributed by atoms with Gasteiger partial charge in [0, 0.05) is 24.3 Å². The van der Waals surface area contributed by atoms with Crippen molar-refractivity contribution in [1.29, 1.82) is 0 Å². The summed E-state index contributed by atoms with van der Waals surface area (Å²) in [6, 6.07) is 0. The van der Waals surface area contributed by atoms with E-state index in [4.69, 9.17) is 32.7 Å². The Morgan fingerprint density at radius 1 is 1.31 bits per heavy atom. The van der Waals surface area contributed by atoms with Gasteiger partial charge in [-0.2, -0.15) is 0 Å². The molecular weight excluding hydrogens is 211 g/mol. The fourth-order valence-electron chi connectivity index (χ4n) is 1.22. The Labute approximate surface area is 89.5 Å². The number of ether oxygens (including phenoxy) is 2. The van der Waals surface area contributed by atoms with Crippen LogP contribution in [0.4, 0.5) is 0 Å². The van der Waals surface area contributed by atoms with E-state index in [1.54, 1.807) is 0 Å². The van der Waals surface area contributed by atoms with Crippen molar-refractivity contribution in [3.8, 4) is 0 Å². The lowest BCUT2D eigenvalue weighted by Gasteiger charge is -2.24. The molecule has 1 unspecified atom stereocenters. The van der Waals surface area contributed by atoms with Gasteiger partial charge in [-0.15, -0.1) is 23.2 Å². The minimum Gasteiger partial charge on any atom is -0.353 e. The van der Waals surface area contributed by atoms with Gasteiger partial charge in [-0.05, 0) is 19.3 Å². The SMILES string of the molecule is ClCC(CCl)COC1CCCCO1. The molecule has 0 spiro atoms. The molecule has 0 amide bonds. The monoisotopic (exact) mass is 226 g/mol. The van der Waals surface area contributed by atoms with Gasteiger partial charge in [-0.25, -0.2) is 0 Å². The highest BCUT2D eigenvalue weighted by Crippen LogP contribution is 2.15. The van der Waals surface area contributed by atoms with Crippen LogP contribution in [0.15, 0.2) is 0 Å². The van der Waals surface area contributed by atoms with Gasteiger partial charge in [0.2, 0.25) is 0 Å². The summed E-state index contributed by atoms with van der Waals surface area (Å²) in [5.74, 6) is 1.35. The van der Waals surface area contributed by atoms with Gasteiger partial charge in [0.05, 0.1) is 6.61 Å². The van der Waals surface area contributed by atoms with Crippen LogP contribution in [0.3, 0.4) is 0 Å². The highest BCUT2D eigenvalue weighted by molar-refractivity contribution is 6.20. The summed E-state index contributed by atoms with van der Waals surface area (Å²) in [7, 11) is 0. The molecular formula is C9H16Cl2O2. The highest BCUT2D eigenvalue weighted by atomic mass is 35.5. The van der Waals surface area contributed by atoms with Crippen LogP contribution in [0.5, 0.6) is 0 Å². The van der Waals surface area contributed by atoms with Crippen LogP contribution in [0.2, 0.25) is 0 Å². The second kappa shape index (κ2) is 6.88. The Morgan fingerprint density at radius 2 is 2.08 bits per heavy atom. The topological polar surface area (TPSA) is 18.5 Å². The molecule has 0 aromatic heterocycles. The van der Waals surface area contributed by atoms with Gasteiger partial charge in [-0.3, -0.25) is 0 Å². The molecule has 1 saturated heterocycles. The normalized spacial score (nSPS) is 23.8. The van der Waals surface area contributed by atoms with Gasteiger partial charge in [0.15, 0.2) is 6.29 Å². The predicted octanol–water partition coefficient (Wildman–Crippen LogP) is 2.62. The summed E-state index contributed by atoms with van der Waals surface area (Å²) in [5, 5.41) is 0. The molecule has 0 aromatic carbocycles. The maximum absolute atomic E-state index is 5.68. The molecule has 0 aromatic rings. The zero-order valence-electron chi connectivity index (χ0n) is 7.68. The van der Waals surface area contributed by atoms with E-state index < -0.39 is 0 Å². The molecule has 0 N–H and O–H groups in total. The number of halogens is 2. The molecule has 1 fully saturated rings. The molecule has 0 aliphatic carbocycles. The van der Waals surface area contributed by atoms with Crippen molar-refractivity contribution in [3.05, 3.63) is 0 Å². The van der Waals surface area contributed by atoms with E-state index in [0.29, 0.717) is 18.4 Å². The summed E-state index contributed by atoms with van der Waals surface area (Å²) < 4.78 is 10.9. The van der Waals surface area contributed by atoms with Crippen LogP contribution in [-0.2, 0) is 9.47 Å². The van der Waals surface area contributed by atoms with Crippen LogP contribution >= 0.6 is 23.2 Å². The maximum atomic E-state index is 5.68. The van der Waals surface area contributed by atoms with Crippen molar-refractivity contribution in [2.45, 2.75) is 25.6 Å². The Hall–Kier alpha value is 0.500. The molecule has 1 aliphatic rings. The number of alkyl halides is 2. The largest absolute Gasteiger partial charge is 0.353 e. The average molecular weight is 227 g/mol. The first kappa shape index (κ1) is 11.6. The molecule has 1 aliphatic heterocycles. The second-order valence-electron chi connectivity index (χ2n) is 3.30. The average Bonchev–Trinajstić information content (AvgIpc) is 2.21. The van der Waals surface area contributed by atoms with Crippen LogP contribution < -0.4 is 0 Å².